The van der Waals surface area contributed by atoms with Crippen molar-refractivity contribution in [3.05, 3.63) is 53.9 Å². The second kappa shape index (κ2) is 4.68. The van der Waals surface area contributed by atoms with Crippen LogP contribution in [0.15, 0.2) is 42.6 Å². The molecule has 0 aliphatic rings. The number of ether oxygens (including phenoxy) is 1. The number of hydrogen-bond acceptors (Lipinski definition) is 2. The van der Waals surface area contributed by atoms with Gasteiger partial charge in [0.25, 0.3) is 0 Å². The molecule has 0 aliphatic carbocycles. The molecule has 0 fully saturated rings. The molecule has 0 saturated carbocycles. The third-order valence-electron chi connectivity index (χ3n) is 2.28. The molecule has 1 heterocycles. The molecular weight excluding hydrogens is 243 g/mol. The first-order chi connectivity index (χ1) is 8.45. The number of pyridine rings is 1. The van der Waals surface area contributed by atoms with E-state index in [-0.39, 0.29) is 5.75 Å². The Labute approximate surface area is 102 Å². The maximum absolute atomic E-state index is 12.5. The lowest BCUT2D eigenvalue weighted by Crippen LogP contribution is -2.04. The summed E-state index contributed by atoms with van der Waals surface area (Å²) in [6.07, 6.45) is -2.90. The number of benzene rings is 1. The lowest BCUT2D eigenvalue weighted by molar-refractivity contribution is -0.137. The largest absolute Gasteiger partial charge is 0.456 e. The van der Waals surface area contributed by atoms with Gasteiger partial charge >= 0.3 is 6.18 Å². The third-order valence-corrected chi connectivity index (χ3v) is 2.28. The summed E-state index contributed by atoms with van der Waals surface area (Å²) in [5.41, 5.74) is 0.0754. The normalized spacial score (nSPS) is 11.3. The molecule has 0 radical (unpaired) electrons. The van der Waals surface area contributed by atoms with Crippen LogP contribution >= 0.6 is 0 Å². The number of rotatable bonds is 2. The molecule has 2 nitrogen and oxygen atoms in total. The number of alkyl halides is 3. The number of halogens is 3. The molecule has 18 heavy (non-hydrogen) atoms. The van der Waals surface area contributed by atoms with Crippen LogP contribution in [0.4, 0.5) is 13.2 Å². The molecule has 2 aromatic rings. The Morgan fingerprint density at radius 1 is 1.06 bits per heavy atom. The van der Waals surface area contributed by atoms with E-state index >= 15 is 0 Å². The average Bonchev–Trinajstić information content (AvgIpc) is 2.31. The van der Waals surface area contributed by atoms with E-state index in [4.69, 9.17) is 4.74 Å². The quantitative estimate of drug-likeness (QED) is 0.800. The van der Waals surface area contributed by atoms with Gasteiger partial charge in [0.1, 0.15) is 11.5 Å². The van der Waals surface area contributed by atoms with E-state index in [1.807, 2.05) is 6.92 Å². The fourth-order valence-corrected chi connectivity index (χ4v) is 1.39. The topological polar surface area (TPSA) is 22.1 Å². The van der Waals surface area contributed by atoms with Crippen molar-refractivity contribution in [1.29, 1.82) is 0 Å². The third kappa shape index (κ3) is 3.00. The molecule has 0 N–H and O–H groups in total. The fraction of sp³-hybridized carbons (Fsp3) is 0.154. The van der Waals surface area contributed by atoms with Crippen LogP contribution in [0.5, 0.6) is 11.5 Å². The van der Waals surface area contributed by atoms with Gasteiger partial charge in [0.2, 0.25) is 0 Å². The van der Waals surface area contributed by atoms with Crippen molar-refractivity contribution >= 4 is 0 Å². The van der Waals surface area contributed by atoms with Crippen LogP contribution in [0.1, 0.15) is 11.3 Å². The number of nitrogens with zero attached hydrogens (tertiary/aromatic N) is 1. The zero-order valence-electron chi connectivity index (χ0n) is 9.53. The molecule has 5 heteroatoms. The van der Waals surface area contributed by atoms with Gasteiger partial charge in [0, 0.05) is 5.69 Å². The molecular formula is C13H10F3NO. The summed E-state index contributed by atoms with van der Waals surface area (Å²) >= 11 is 0. The van der Waals surface area contributed by atoms with Crippen LogP contribution in [0.3, 0.4) is 0 Å². The Morgan fingerprint density at radius 2 is 1.83 bits per heavy atom. The smallest absolute Gasteiger partial charge is 0.416 e. The van der Waals surface area contributed by atoms with Crippen molar-refractivity contribution in [3.63, 3.8) is 0 Å². The minimum Gasteiger partial charge on any atom is -0.456 e. The van der Waals surface area contributed by atoms with E-state index in [0.717, 1.165) is 17.8 Å². The minimum absolute atomic E-state index is 0.135. The summed E-state index contributed by atoms with van der Waals surface area (Å²) in [7, 11) is 0. The molecule has 1 aromatic heterocycles. The summed E-state index contributed by atoms with van der Waals surface area (Å²) < 4.78 is 42.8. The maximum Gasteiger partial charge on any atom is 0.416 e. The van der Waals surface area contributed by atoms with Crippen LogP contribution in [-0.2, 0) is 6.18 Å². The number of hydrogen-bond donors (Lipinski definition) is 0. The van der Waals surface area contributed by atoms with Gasteiger partial charge in [-0.2, -0.15) is 13.2 Å². The van der Waals surface area contributed by atoms with Crippen molar-refractivity contribution in [3.8, 4) is 11.5 Å². The van der Waals surface area contributed by atoms with Crippen molar-refractivity contribution in [2.45, 2.75) is 13.1 Å². The maximum atomic E-state index is 12.5. The first-order valence-corrected chi connectivity index (χ1v) is 5.23. The fourth-order valence-electron chi connectivity index (χ4n) is 1.39. The Balaban J connectivity index is 2.22. The van der Waals surface area contributed by atoms with Crippen molar-refractivity contribution < 1.29 is 17.9 Å². The van der Waals surface area contributed by atoms with Gasteiger partial charge in [0.15, 0.2) is 0 Å². The Bertz CT molecular complexity index is 535. The number of aryl methyl sites for hydroxylation is 1. The van der Waals surface area contributed by atoms with Crippen LogP contribution in [-0.4, -0.2) is 4.98 Å². The van der Waals surface area contributed by atoms with E-state index < -0.39 is 11.7 Å². The molecule has 0 amide bonds. The Morgan fingerprint density at radius 3 is 2.44 bits per heavy atom. The average molecular weight is 253 g/mol. The van der Waals surface area contributed by atoms with Gasteiger partial charge < -0.3 is 4.74 Å². The molecule has 2 rings (SSSR count). The van der Waals surface area contributed by atoms with Crippen molar-refractivity contribution in [2.24, 2.45) is 0 Å². The highest BCUT2D eigenvalue weighted by molar-refractivity contribution is 5.34. The zero-order chi connectivity index (χ0) is 13.2. The van der Waals surface area contributed by atoms with Crippen molar-refractivity contribution in [2.75, 3.05) is 0 Å². The minimum atomic E-state index is -4.37. The monoisotopic (exact) mass is 253 g/mol. The summed E-state index contributed by atoms with van der Waals surface area (Å²) in [5, 5.41) is 0. The van der Waals surface area contributed by atoms with E-state index in [1.54, 1.807) is 12.1 Å². The van der Waals surface area contributed by atoms with Gasteiger partial charge in [-0.3, -0.25) is 4.98 Å². The van der Waals surface area contributed by atoms with Gasteiger partial charge in [-0.05, 0) is 37.3 Å². The molecule has 0 aliphatic heterocycles. The van der Waals surface area contributed by atoms with Gasteiger partial charge in [0.05, 0.1) is 11.8 Å². The SMILES string of the molecule is Cc1ccc(Oc2cccc(C(F)(F)F)c2)cn1. The summed E-state index contributed by atoms with van der Waals surface area (Å²) in [4.78, 5) is 4.00. The Hall–Kier alpha value is -2.04. The molecule has 0 saturated heterocycles. The van der Waals surface area contributed by atoms with Crippen LogP contribution < -0.4 is 4.74 Å². The summed E-state index contributed by atoms with van der Waals surface area (Å²) in [6, 6.07) is 8.11. The zero-order valence-corrected chi connectivity index (χ0v) is 9.53. The summed E-state index contributed by atoms with van der Waals surface area (Å²) in [5.74, 6) is 0.537. The van der Waals surface area contributed by atoms with E-state index in [2.05, 4.69) is 4.98 Å². The van der Waals surface area contributed by atoms with Crippen LogP contribution in [0, 0.1) is 6.92 Å². The van der Waals surface area contributed by atoms with E-state index in [9.17, 15) is 13.2 Å². The van der Waals surface area contributed by atoms with Gasteiger partial charge in [-0.1, -0.05) is 6.07 Å². The predicted octanol–water partition coefficient (Wildman–Crippen LogP) is 4.20. The van der Waals surface area contributed by atoms with Crippen LogP contribution in [0.2, 0.25) is 0 Å². The molecule has 0 atom stereocenters. The molecule has 0 unspecified atom stereocenters. The van der Waals surface area contributed by atoms with Gasteiger partial charge in [-0.15, -0.1) is 0 Å². The summed E-state index contributed by atoms with van der Waals surface area (Å²) in [6.45, 7) is 1.81. The molecule has 0 bridgehead atoms. The highest BCUT2D eigenvalue weighted by Crippen LogP contribution is 2.32. The standard InChI is InChI=1S/C13H10F3NO/c1-9-5-6-12(8-17-9)18-11-4-2-3-10(7-11)13(14,15)16/h2-8H,1H3. The second-order valence-electron chi connectivity index (χ2n) is 3.76. The molecule has 0 spiro atoms. The van der Waals surface area contributed by atoms with Gasteiger partial charge in [-0.25, -0.2) is 0 Å². The Kier molecular flexibility index (Phi) is 3.23. The lowest BCUT2D eigenvalue weighted by atomic mass is 10.2. The van der Waals surface area contributed by atoms with Crippen LogP contribution in [0.25, 0.3) is 0 Å². The predicted molar refractivity (Wildman–Crippen MR) is 60.5 cm³/mol. The second-order valence-corrected chi connectivity index (χ2v) is 3.76. The highest BCUT2D eigenvalue weighted by atomic mass is 19.4. The molecule has 1 aromatic carbocycles. The lowest BCUT2D eigenvalue weighted by Gasteiger charge is -2.09. The van der Waals surface area contributed by atoms with Crippen molar-refractivity contribution in [1.82, 2.24) is 4.98 Å². The molecule has 94 valence electrons. The first-order valence-electron chi connectivity index (χ1n) is 5.23. The van der Waals surface area contributed by atoms with E-state index in [1.165, 1.54) is 18.3 Å². The first kappa shape index (κ1) is 12.4. The number of aromatic nitrogens is 1. The van der Waals surface area contributed by atoms with E-state index in [0.29, 0.717) is 5.75 Å². The highest BCUT2D eigenvalue weighted by Gasteiger charge is 2.30.